The number of nitro benzene ring substituents is 1. The lowest BCUT2D eigenvalue weighted by atomic mass is 10.1. The first-order valence-corrected chi connectivity index (χ1v) is 7.22. The van der Waals surface area contributed by atoms with Crippen LogP contribution in [0.5, 0.6) is 0 Å². The van der Waals surface area contributed by atoms with Crippen LogP contribution in [0.2, 0.25) is 0 Å². The first-order chi connectivity index (χ1) is 9.97. The van der Waals surface area contributed by atoms with Crippen LogP contribution in [0.1, 0.15) is 30.9 Å². The van der Waals surface area contributed by atoms with E-state index < -0.39 is 0 Å². The maximum atomic E-state index is 11.6. The van der Waals surface area contributed by atoms with E-state index in [1.807, 2.05) is 17.9 Å². The highest BCUT2D eigenvalue weighted by Crippen LogP contribution is 2.19. The summed E-state index contributed by atoms with van der Waals surface area (Å²) >= 11 is 0. The number of nitrogens with one attached hydrogen (secondary N) is 1. The Morgan fingerprint density at radius 2 is 2.24 bits per heavy atom. The Balaban J connectivity index is 1.89. The van der Waals surface area contributed by atoms with Crippen molar-refractivity contribution in [2.45, 2.75) is 39.3 Å². The second kappa shape index (κ2) is 6.67. The van der Waals surface area contributed by atoms with Crippen LogP contribution >= 0.6 is 0 Å². The van der Waals surface area contributed by atoms with Crippen molar-refractivity contribution in [2.24, 2.45) is 0 Å². The minimum atomic E-state index is -0.356. The fraction of sp³-hybridized carbons (Fsp3) is 0.533. The summed E-state index contributed by atoms with van der Waals surface area (Å²) < 4.78 is 0. The highest BCUT2D eigenvalue weighted by molar-refractivity contribution is 5.78. The van der Waals surface area contributed by atoms with Crippen molar-refractivity contribution in [1.29, 1.82) is 0 Å². The van der Waals surface area contributed by atoms with Crippen LogP contribution in [-0.4, -0.2) is 34.9 Å². The Kier molecular flexibility index (Phi) is 4.90. The van der Waals surface area contributed by atoms with Gasteiger partial charge in [0.05, 0.1) is 4.92 Å². The molecule has 1 aromatic rings. The maximum absolute atomic E-state index is 11.6. The number of likely N-dealkylation sites (tertiary alicyclic amines) is 1. The maximum Gasteiger partial charge on any atom is 0.272 e. The van der Waals surface area contributed by atoms with Gasteiger partial charge in [-0.15, -0.1) is 0 Å². The minimum Gasteiger partial charge on any atom is -0.341 e. The van der Waals surface area contributed by atoms with Crippen molar-refractivity contribution < 1.29 is 9.72 Å². The molecule has 21 heavy (non-hydrogen) atoms. The molecular weight excluding hydrogens is 270 g/mol. The van der Waals surface area contributed by atoms with E-state index in [1.165, 1.54) is 0 Å². The lowest BCUT2D eigenvalue weighted by Gasteiger charge is -2.21. The summed E-state index contributed by atoms with van der Waals surface area (Å²) in [6.07, 6.45) is 1.59. The third kappa shape index (κ3) is 4.01. The zero-order valence-corrected chi connectivity index (χ0v) is 12.5. The van der Waals surface area contributed by atoms with E-state index in [4.69, 9.17) is 0 Å². The van der Waals surface area contributed by atoms with Gasteiger partial charge >= 0.3 is 0 Å². The molecule has 0 saturated carbocycles. The van der Waals surface area contributed by atoms with Gasteiger partial charge in [0.2, 0.25) is 5.91 Å². The van der Waals surface area contributed by atoms with Gasteiger partial charge < -0.3 is 10.2 Å². The highest BCUT2D eigenvalue weighted by atomic mass is 16.6. The largest absolute Gasteiger partial charge is 0.341 e. The van der Waals surface area contributed by atoms with Crippen molar-refractivity contribution in [3.8, 4) is 0 Å². The first kappa shape index (κ1) is 15.4. The Hall–Kier alpha value is -1.95. The van der Waals surface area contributed by atoms with Gasteiger partial charge in [-0.25, -0.2) is 0 Å². The van der Waals surface area contributed by atoms with Crippen LogP contribution in [0, 0.1) is 17.0 Å². The molecule has 1 heterocycles. The van der Waals surface area contributed by atoms with Gasteiger partial charge in [0.15, 0.2) is 0 Å². The summed E-state index contributed by atoms with van der Waals surface area (Å²) in [5.74, 6) is 0.217. The van der Waals surface area contributed by atoms with E-state index in [0.717, 1.165) is 18.5 Å². The van der Waals surface area contributed by atoms with Crippen molar-refractivity contribution in [3.63, 3.8) is 0 Å². The predicted octanol–water partition coefficient (Wildman–Crippen LogP) is 2.00. The summed E-state index contributed by atoms with van der Waals surface area (Å²) in [4.78, 5) is 24.0. The van der Waals surface area contributed by atoms with Crippen LogP contribution in [0.4, 0.5) is 5.69 Å². The number of aryl methyl sites for hydroxylation is 1. The molecule has 6 heteroatoms. The standard InChI is InChI=1S/C15H21N3O3/c1-11-5-6-13(8-14(11)18(20)21)9-16-12(2)10-17-7-3-4-15(17)19/h5-6,8,12,16H,3-4,7,9-10H2,1-2H3. The molecule has 1 aromatic carbocycles. The fourth-order valence-electron chi connectivity index (χ4n) is 2.55. The van der Waals surface area contributed by atoms with Gasteiger partial charge in [0, 0.05) is 43.7 Å². The quantitative estimate of drug-likeness (QED) is 0.642. The number of hydrogen-bond donors (Lipinski definition) is 1. The van der Waals surface area contributed by atoms with E-state index >= 15 is 0 Å². The molecule has 6 nitrogen and oxygen atoms in total. The van der Waals surface area contributed by atoms with Gasteiger partial charge in [-0.2, -0.15) is 0 Å². The van der Waals surface area contributed by atoms with E-state index in [9.17, 15) is 14.9 Å². The Morgan fingerprint density at radius 3 is 2.86 bits per heavy atom. The molecular formula is C15H21N3O3. The fourth-order valence-corrected chi connectivity index (χ4v) is 2.55. The average Bonchev–Trinajstić information content (AvgIpc) is 2.83. The molecule has 1 saturated heterocycles. The summed E-state index contributed by atoms with van der Waals surface area (Å²) in [5, 5.41) is 14.2. The molecule has 1 amide bonds. The second-order valence-electron chi connectivity index (χ2n) is 5.60. The normalized spacial score (nSPS) is 16.3. The van der Waals surface area contributed by atoms with Crippen LogP contribution in [-0.2, 0) is 11.3 Å². The Morgan fingerprint density at radius 1 is 1.48 bits per heavy atom. The Labute approximate surface area is 124 Å². The number of nitro groups is 1. The minimum absolute atomic E-state index is 0.150. The molecule has 0 bridgehead atoms. The molecule has 114 valence electrons. The monoisotopic (exact) mass is 291 g/mol. The second-order valence-corrected chi connectivity index (χ2v) is 5.60. The van der Waals surface area contributed by atoms with Crippen LogP contribution in [0.25, 0.3) is 0 Å². The zero-order chi connectivity index (χ0) is 15.4. The lowest BCUT2D eigenvalue weighted by molar-refractivity contribution is -0.385. The van der Waals surface area contributed by atoms with Crippen LogP contribution in [0.15, 0.2) is 18.2 Å². The van der Waals surface area contributed by atoms with Crippen molar-refractivity contribution in [1.82, 2.24) is 10.2 Å². The number of carbonyl (C=O) groups excluding carboxylic acids is 1. The lowest BCUT2D eigenvalue weighted by Crippen LogP contribution is -2.39. The molecule has 0 aliphatic carbocycles. The van der Waals surface area contributed by atoms with Gasteiger partial charge in [0.25, 0.3) is 5.69 Å². The van der Waals surface area contributed by atoms with E-state index in [0.29, 0.717) is 25.1 Å². The molecule has 0 aromatic heterocycles. The van der Waals surface area contributed by atoms with Gasteiger partial charge in [0.1, 0.15) is 0 Å². The molecule has 0 radical (unpaired) electrons. The highest BCUT2D eigenvalue weighted by Gasteiger charge is 2.21. The molecule has 1 unspecified atom stereocenters. The number of amides is 1. The van der Waals surface area contributed by atoms with E-state index in [1.54, 1.807) is 19.1 Å². The van der Waals surface area contributed by atoms with Gasteiger partial charge in [-0.1, -0.05) is 12.1 Å². The number of rotatable bonds is 6. The van der Waals surface area contributed by atoms with Crippen LogP contribution in [0.3, 0.4) is 0 Å². The van der Waals surface area contributed by atoms with E-state index in [2.05, 4.69) is 5.32 Å². The number of hydrogen-bond acceptors (Lipinski definition) is 4. The topological polar surface area (TPSA) is 75.5 Å². The van der Waals surface area contributed by atoms with Crippen molar-refractivity contribution in [3.05, 3.63) is 39.4 Å². The summed E-state index contributed by atoms with van der Waals surface area (Å²) in [5.41, 5.74) is 1.70. The van der Waals surface area contributed by atoms with Gasteiger partial charge in [-0.3, -0.25) is 14.9 Å². The Bertz CT molecular complexity index is 545. The summed E-state index contributed by atoms with van der Waals surface area (Å²) in [6.45, 7) is 5.84. The van der Waals surface area contributed by atoms with Crippen molar-refractivity contribution >= 4 is 11.6 Å². The number of carbonyl (C=O) groups is 1. The molecule has 1 aliphatic rings. The van der Waals surface area contributed by atoms with E-state index in [-0.39, 0.29) is 22.6 Å². The molecule has 1 aliphatic heterocycles. The third-order valence-corrected chi connectivity index (χ3v) is 3.79. The molecule has 1 fully saturated rings. The molecule has 2 rings (SSSR count). The smallest absolute Gasteiger partial charge is 0.272 e. The zero-order valence-electron chi connectivity index (χ0n) is 12.5. The number of benzene rings is 1. The van der Waals surface area contributed by atoms with Crippen LogP contribution < -0.4 is 5.32 Å². The average molecular weight is 291 g/mol. The number of nitrogens with zero attached hydrogens (tertiary/aromatic N) is 2. The third-order valence-electron chi connectivity index (χ3n) is 3.79. The summed E-state index contributed by atoms with van der Waals surface area (Å²) in [6, 6.07) is 5.43. The summed E-state index contributed by atoms with van der Waals surface area (Å²) in [7, 11) is 0. The molecule has 1 atom stereocenters. The molecule has 1 N–H and O–H groups in total. The van der Waals surface area contributed by atoms with Crippen molar-refractivity contribution in [2.75, 3.05) is 13.1 Å². The first-order valence-electron chi connectivity index (χ1n) is 7.22. The predicted molar refractivity (Wildman–Crippen MR) is 79.9 cm³/mol. The molecule has 0 spiro atoms. The SMILES string of the molecule is Cc1ccc(CNC(C)CN2CCCC2=O)cc1[N+](=O)[O-]. The van der Waals surface area contributed by atoms with Gasteiger partial charge in [-0.05, 0) is 25.8 Å².